The van der Waals surface area contributed by atoms with E-state index in [-0.39, 0.29) is 17.0 Å². The molecule has 0 aromatic heterocycles. The second-order valence-corrected chi connectivity index (χ2v) is 5.46. The summed E-state index contributed by atoms with van der Waals surface area (Å²) in [7, 11) is 2.58. The van der Waals surface area contributed by atoms with Crippen molar-refractivity contribution >= 4 is 29.3 Å². The summed E-state index contributed by atoms with van der Waals surface area (Å²) in [4.78, 5) is 34.3. The van der Waals surface area contributed by atoms with Gasteiger partial charge in [0.2, 0.25) is 0 Å². The van der Waals surface area contributed by atoms with Crippen LogP contribution in [0.5, 0.6) is 5.75 Å². The number of nitrogens with one attached hydrogen (secondary N) is 1. The number of nitrogens with zero attached hydrogens (tertiary/aromatic N) is 1. The van der Waals surface area contributed by atoms with Crippen molar-refractivity contribution in [2.75, 3.05) is 26.2 Å². The quantitative estimate of drug-likeness (QED) is 0.434. The van der Waals surface area contributed by atoms with Crippen LogP contribution < -0.4 is 10.1 Å². The standard InChI is InChI=1S/C14H18N2O6S/c1-21-12-5-4-9(16(19)20)8-10(12)13(17)15-11(6-7-23-3)14(18)22-2/h4-5,8,11H,6-7H2,1-3H3,(H,15,17)/t11-/m0/s1. The van der Waals surface area contributed by atoms with Crippen molar-refractivity contribution in [2.24, 2.45) is 0 Å². The normalized spacial score (nSPS) is 11.4. The van der Waals surface area contributed by atoms with Crippen molar-refractivity contribution in [3.63, 3.8) is 0 Å². The number of hydrogen-bond donors (Lipinski definition) is 1. The van der Waals surface area contributed by atoms with Crippen molar-refractivity contribution in [3.8, 4) is 5.75 Å². The van der Waals surface area contributed by atoms with Crippen LogP contribution in [0.2, 0.25) is 0 Å². The Morgan fingerprint density at radius 2 is 2.09 bits per heavy atom. The molecule has 1 rings (SSSR count). The first-order valence-corrected chi connectivity index (χ1v) is 8.04. The van der Waals surface area contributed by atoms with Gasteiger partial charge in [-0.1, -0.05) is 0 Å². The highest BCUT2D eigenvalue weighted by Crippen LogP contribution is 2.24. The van der Waals surface area contributed by atoms with E-state index in [0.29, 0.717) is 12.2 Å². The van der Waals surface area contributed by atoms with Crippen molar-refractivity contribution < 1.29 is 24.0 Å². The van der Waals surface area contributed by atoms with Gasteiger partial charge < -0.3 is 14.8 Å². The molecule has 0 aliphatic carbocycles. The number of carbonyl (C=O) groups excluding carboxylic acids is 2. The molecule has 9 heteroatoms. The largest absolute Gasteiger partial charge is 0.496 e. The van der Waals surface area contributed by atoms with Crippen LogP contribution in [0.3, 0.4) is 0 Å². The molecule has 23 heavy (non-hydrogen) atoms. The van der Waals surface area contributed by atoms with Crippen LogP contribution in [0.1, 0.15) is 16.8 Å². The second kappa shape index (κ2) is 8.99. The molecular weight excluding hydrogens is 324 g/mol. The van der Waals surface area contributed by atoms with Crippen LogP contribution in [0.25, 0.3) is 0 Å². The maximum absolute atomic E-state index is 12.4. The molecule has 1 N–H and O–H groups in total. The van der Waals surface area contributed by atoms with E-state index in [0.717, 1.165) is 6.07 Å². The van der Waals surface area contributed by atoms with Crippen LogP contribution in [-0.2, 0) is 9.53 Å². The van der Waals surface area contributed by atoms with Gasteiger partial charge in [0.25, 0.3) is 11.6 Å². The number of amides is 1. The van der Waals surface area contributed by atoms with Crippen LogP contribution in [-0.4, -0.2) is 49.1 Å². The molecule has 0 saturated carbocycles. The van der Waals surface area contributed by atoms with Crippen LogP contribution in [0.4, 0.5) is 5.69 Å². The molecule has 0 unspecified atom stereocenters. The summed E-state index contributed by atoms with van der Waals surface area (Å²) in [6.07, 6.45) is 2.26. The molecule has 1 aromatic carbocycles. The number of ether oxygens (including phenoxy) is 2. The van der Waals surface area contributed by atoms with Crippen molar-refractivity contribution in [2.45, 2.75) is 12.5 Å². The molecule has 0 bridgehead atoms. The Morgan fingerprint density at radius 1 is 1.39 bits per heavy atom. The number of non-ortho nitro benzene ring substituents is 1. The van der Waals surface area contributed by atoms with E-state index in [1.54, 1.807) is 0 Å². The molecule has 8 nitrogen and oxygen atoms in total. The molecule has 1 amide bonds. The zero-order valence-corrected chi connectivity index (χ0v) is 13.8. The van der Waals surface area contributed by atoms with Gasteiger partial charge in [-0.05, 0) is 24.5 Å². The maximum Gasteiger partial charge on any atom is 0.328 e. The fourth-order valence-electron chi connectivity index (χ4n) is 1.85. The number of thioether (sulfide) groups is 1. The molecule has 1 aromatic rings. The van der Waals surface area contributed by atoms with E-state index < -0.39 is 22.8 Å². The third-order valence-electron chi connectivity index (χ3n) is 3.04. The van der Waals surface area contributed by atoms with Crippen molar-refractivity contribution in [1.82, 2.24) is 5.32 Å². The van der Waals surface area contributed by atoms with Crippen LogP contribution >= 0.6 is 11.8 Å². The van der Waals surface area contributed by atoms with Gasteiger partial charge in [0, 0.05) is 12.1 Å². The number of rotatable bonds is 8. The average Bonchev–Trinajstić information content (AvgIpc) is 2.56. The summed E-state index contributed by atoms with van der Waals surface area (Å²) in [6.45, 7) is 0. The topological polar surface area (TPSA) is 108 Å². The predicted octanol–water partition coefficient (Wildman–Crippen LogP) is 1.63. The minimum Gasteiger partial charge on any atom is -0.496 e. The number of methoxy groups -OCH3 is 2. The first-order chi connectivity index (χ1) is 10.9. The van der Waals surface area contributed by atoms with Crippen molar-refractivity contribution in [1.29, 1.82) is 0 Å². The van der Waals surface area contributed by atoms with Gasteiger partial charge in [0.15, 0.2) is 0 Å². The zero-order chi connectivity index (χ0) is 17.4. The molecule has 0 spiro atoms. The van der Waals surface area contributed by atoms with E-state index in [9.17, 15) is 19.7 Å². The molecule has 126 valence electrons. The summed E-state index contributed by atoms with van der Waals surface area (Å²) in [5.74, 6) is -0.382. The number of esters is 1. The lowest BCUT2D eigenvalue weighted by Gasteiger charge is -2.17. The molecule has 1 atom stereocenters. The third-order valence-corrected chi connectivity index (χ3v) is 3.68. The lowest BCUT2D eigenvalue weighted by atomic mass is 10.1. The summed E-state index contributed by atoms with van der Waals surface area (Å²) < 4.78 is 9.71. The smallest absolute Gasteiger partial charge is 0.328 e. The number of nitro groups is 1. The monoisotopic (exact) mass is 342 g/mol. The average molecular weight is 342 g/mol. The first kappa shape index (κ1) is 18.8. The van der Waals surface area contributed by atoms with Gasteiger partial charge in [-0.25, -0.2) is 4.79 Å². The Labute approximate surface area is 137 Å². The van der Waals surface area contributed by atoms with Gasteiger partial charge in [0.05, 0.1) is 24.7 Å². The van der Waals surface area contributed by atoms with Gasteiger partial charge in [-0.3, -0.25) is 14.9 Å². The van der Waals surface area contributed by atoms with Gasteiger partial charge in [0.1, 0.15) is 11.8 Å². The summed E-state index contributed by atoms with van der Waals surface area (Å²) >= 11 is 1.52. The molecule has 0 fully saturated rings. The summed E-state index contributed by atoms with van der Waals surface area (Å²) in [5.41, 5.74) is -0.255. The van der Waals surface area contributed by atoms with Crippen molar-refractivity contribution in [3.05, 3.63) is 33.9 Å². The SMILES string of the molecule is COC(=O)[C@H](CCSC)NC(=O)c1cc([N+](=O)[O-])ccc1OC. The highest BCUT2D eigenvalue weighted by Gasteiger charge is 2.24. The maximum atomic E-state index is 12.4. The fraction of sp³-hybridized carbons (Fsp3) is 0.429. The van der Waals surface area contributed by atoms with Crippen LogP contribution in [0, 0.1) is 10.1 Å². The number of benzene rings is 1. The third kappa shape index (κ3) is 5.13. The Hall–Kier alpha value is -2.29. The van der Waals surface area contributed by atoms with E-state index in [1.165, 1.54) is 38.1 Å². The molecule has 0 aliphatic heterocycles. The number of nitro benzene ring substituents is 1. The summed E-state index contributed by atoms with van der Waals surface area (Å²) in [6, 6.07) is 2.85. The van der Waals surface area contributed by atoms with E-state index >= 15 is 0 Å². The summed E-state index contributed by atoms with van der Waals surface area (Å²) in [5, 5.41) is 13.4. The lowest BCUT2D eigenvalue weighted by Crippen LogP contribution is -2.42. The minimum absolute atomic E-state index is 0.0141. The van der Waals surface area contributed by atoms with Gasteiger partial charge >= 0.3 is 5.97 Å². The molecule has 0 aliphatic rings. The fourth-order valence-corrected chi connectivity index (χ4v) is 2.32. The molecule has 0 saturated heterocycles. The van der Waals surface area contributed by atoms with E-state index in [2.05, 4.69) is 10.1 Å². The van der Waals surface area contributed by atoms with Crippen LogP contribution in [0.15, 0.2) is 18.2 Å². The minimum atomic E-state index is -0.830. The highest BCUT2D eigenvalue weighted by molar-refractivity contribution is 7.98. The first-order valence-electron chi connectivity index (χ1n) is 6.64. The Kier molecular flexibility index (Phi) is 7.33. The Morgan fingerprint density at radius 3 is 2.61 bits per heavy atom. The highest BCUT2D eigenvalue weighted by atomic mass is 32.2. The molecular formula is C14H18N2O6S. The van der Waals surface area contributed by atoms with E-state index in [1.807, 2.05) is 6.26 Å². The second-order valence-electron chi connectivity index (χ2n) is 4.47. The van der Waals surface area contributed by atoms with Gasteiger partial charge in [-0.2, -0.15) is 11.8 Å². The van der Waals surface area contributed by atoms with E-state index in [4.69, 9.17) is 4.74 Å². The lowest BCUT2D eigenvalue weighted by molar-refractivity contribution is -0.384. The molecule has 0 heterocycles. The Balaban J connectivity index is 3.03. The number of carbonyl (C=O) groups is 2. The Bertz CT molecular complexity index is 593. The predicted molar refractivity (Wildman–Crippen MR) is 85.9 cm³/mol. The number of hydrogen-bond acceptors (Lipinski definition) is 7. The van der Waals surface area contributed by atoms with Gasteiger partial charge in [-0.15, -0.1) is 0 Å². The zero-order valence-electron chi connectivity index (χ0n) is 13.0. The molecule has 0 radical (unpaired) electrons.